The third kappa shape index (κ3) is 3.08. The largest absolute Gasteiger partial charge is 0.494 e. The van der Waals surface area contributed by atoms with E-state index < -0.39 is 5.82 Å². The Morgan fingerprint density at radius 1 is 1.42 bits per heavy atom. The number of amides is 1. The van der Waals surface area contributed by atoms with Crippen molar-refractivity contribution in [1.82, 2.24) is 4.98 Å². The molecule has 0 aliphatic heterocycles. The second-order valence-corrected chi connectivity index (χ2v) is 4.40. The summed E-state index contributed by atoms with van der Waals surface area (Å²) in [6.45, 7) is 0. The zero-order valence-corrected chi connectivity index (χ0v) is 11.6. The summed E-state index contributed by atoms with van der Waals surface area (Å²) in [5.41, 5.74) is 0.720. The van der Waals surface area contributed by atoms with Crippen molar-refractivity contribution in [2.45, 2.75) is 0 Å². The van der Waals surface area contributed by atoms with E-state index in [1.165, 1.54) is 19.2 Å². The number of nitrogens with one attached hydrogen (secondary N) is 1. The molecule has 1 aromatic heterocycles. The summed E-state index contributed by atoms with van der Waals surface area (Å²) in [7, 11) is 1.38. The topological polar surface area (TPSA) is 51.2 Å². The molecule has 2 aromatic rings. The summed E-state index contributed by atoms with van der Waals surface area (Å²) in [6.07, 6.45) is 1.56. The summed E-state index contributed by atoms with van der Waals surface area (Å²) in [5.74, 6) is -0.782. The van der Waals surface area contributed by atoms with Crippen LogP contribution in [0.5, 0.6) is 5.75 Å². The van der Waals surface area contributed by atoms with Gasteiger partial charge in [-0.1, -0.05) is 0 Å². The van der Waals surface area contributed by atoms with E-state index in [1.807, 2.05) is 0 Å². The number of halogens is 2. The highest BCUT2D eigenvalue weighted by atomic mass is 79.9. The minimum absolute atomic E-state index is 0.126. The van der Waals surface area contributed by atoms with E-state index in [4.69, 9.17) is 4.74 Å². The second-order valence-electron chi connectivity index (χ2n) is 3.65. The molecule has 98 valence electrons. The lowest BCUT2D eigenvalue weighted by molar-refractivity contribution is 0.102. The molecule has 0 saturated heterocycles. The molecule has 0 spiro atoms. The van der Waals surface area contributed by atoms with E-state index in [-0.39, 0.29) is 11.7 Å². The molecule has 0 unspecified atom stereocenters. The van der Waals surface area contributed by atoms with Crippen molar-refractivity contribution in [3.8, 4) is 5.75 Å². The van der Waals surface area contributed by atoms with Gasteiger partial charge in [-0.25, -0.2) is 9.37 Å². The van der Waals surface area contributed by atoms with Crippen LogP contribution in [0.25, 0.3) is 0 Å². The van der Waals surface area contributed by atoms with Crippen molar-refractivity contribution in [3.05, 3.63) is 52.5 Å². The van der Waals surface area contributed by atoms with Gasteiger partial charge < -0.3 is 10.1 Å². The Kier molecular flexibility index (Phi) is 4.11. The van der Waals surface area contributed by atoms with Crippen LogP contribution in [0.3, 0.4) is 0 Å². The molecule has 0 saturated carbocycles. The highest BCUT2D eigenvalue weighted by molar-refractivity contribution is 9.10. The van der Waals surface area contributed by atoms with Crippen LogP contribution >= 0.6 is 15.9 Å². The Bertz CT molecular complexity index is 619. The van der Waals surface area contributed by atoms with Gasteiger partial charge in [-0.05, 0) is 40.2 Å². The number of aromatic nitrogens is 1. The fourth-order valence-corrected chi connectivity index (χ4v) is 1.93. The fourth-order valence-electron chi connectivity index (χ4n) is 1.50. The average Bonchev–Trinajstić information content (AvgIpc) is 2.39. The molecule has 0 aliphatic rings. The van der Waals surface area contributed by atoms with Crippen LogP contribution in [0.1, 0.15) is 10.4 Å². The number of anilines is 1. The first-order valence-corrected chi connectivity index (χ1v) is 6.16. The van der Waals surface area contributed by atoms with Gasteiger partial charge >= 0.3 is 0 Å². The Hall–Kier alpha value is -1.95. The number of pyridine rings is 1. The van der Waals surface area contributed by atoms with Gasteiger partial charge in [-0.2, -0.15) is 0 Å². The van der Waals surface area contributed by atoms with Gasteiger partial charge in [0.15, 0.2) is 11.6 Å². The van der Waals surface area contributed by atoms with E-state index in [1.54, 1.807) is 24.4 Å². The Morgan fingerprint density at radius 2 is 2.21 bits per heavy atom. The smallest absolute Gasteiger partial charge is 0.258 e. The highest BCUT2D eigenvalue weighted by Crippen LogP contribution is 2.21. The molecule has 1 N–H and O–H groups in total. The van der Waals surface area contributed by atoms with Gasteiger partial charge in [0.25, 0.3) is 5.91 Å². The van der Waals surface area contributed by atoms with E-state index >= 15 is 0 Å². The van der Waals surface area contributed by atoms with Crippen LogP contribution in [0, 0.1) is 5.82 Å². The van der Waals surface area contributed by atoms with Crippen molar-refractivity contribution in [2.24, 2.45) is 0 Å². The standard InChI is InChI=1S/C13H10BrFN2O2/c1-19-11-5-4-8(7-10(11)15)17-13(18)9-3-2-6-16-12(9)14/h2-7H,1H3,(H,17,18). The number of rotatable bonds is 3. The van der Waals surface area contributed by atoms with E-state index in [9.17, 15) is 9.18 Å². The van der Waals surface area contributed by atoms with Crippen molar-refractivity contribution >= 4 is 27.5 Å². The van der Waals surface area contributed by atoms with E-state index in [0.29, 0.717) is 15.9 Å². The molecule has 6 heteroatoms. The third-order valence-corrected chi connectivity index (χ3v) is 3.05. The van der Waals surface area contributed by atoms with Crippen LogP contribution in [-0.2, 0) is 0 Å². The molecule has 1 amide bonds. The van der Waals surface area contributed by atoms with Gasteiger partial charge in [-0.3, -0.25) is 4.79 Å². The molecule has 0 radical (unpaired) electrons. The number of methoxy groups -OCH3 is 1. The zero-order chi connectivity index (χ0) is 13.8. The van der Waals surface area contributed by atoms with E-state index in [0.717, 1.165) is 0 Å². The molecule has 0 atom stereocenters. The number of hydrogen-bond acceptors (Lipinski definition) is 3. The van der Waals surface area contributed by atoms with Crippen molar-refractivity contribution < 1.29 is 13.9 Å². The third-order valence-electron chi connectivity index (χ3n) is 2.41. The summed E-state index contributed by atoms with van der Waals surface area (Å²) >= 11 is 3.18. The Labute approximate surface area is 117 Å². The molecule has 0 fully saturated rings. The van der Waals surface area contributed by atoms with Crippen LogP contribution in [0.15, 0.2) is 41.1 Å². The molecule has 1 aromatic carbocycles. The predicted molar refractivity (Wildman–Crippen MR) is 72.8 cm³/mol. The first kappa shape index (κ1) is 13.5. The summed E-state index contributed by atoms with van der Waals surface area (Å²) in [6, 6.07) is 7.47. The van der Waals surface area contributed by atoms with Crippen molar-refractivity contribution in [2.75, 3.05) is 12.4 Å². The first-order chi connectivity index (χ1) is 9.11. The quantitative estimate of drug-likeness (QED) is 0.882. The average molecular weight is 325 g/mol. The summed E-state index contributed by atoms with van der Waals surface area (Å²) in [5, 5.41) is 2.59. The monoisotopic (exact) mass is 324 g/mol. The molecular formula is C13H10BrFN2O2. The Balaban J connectivity index is 2.20. The normalized spacial score (nSPS) is 10.1. The molecular weight excluding hydrogens is 315 g/mol. The number of ether oxygens (including phenoxy) is 1. The number of benzene rings is 1. The predicted octanol–water partition coefficient (Wildman–Crippen LogP) is 3.24. The minimum Gasteiger partial charge on any atom is -0.494 e. The summed E-state index contributed by atoms with van der Waals surface area (Å²) in [4.78, 5) is 15.9. The number of hydrogen-bond donors (Lipinski definition) is 1. The van der Waals surface area contributed by atoms with Gasteiger partial charge in [0, 0.05) is 18.0 Å². The lowest BCUT2D eigenvalue weighted by atomic mass is 10.2. The maximum Gasteiger partial charge on any atom is 0.258 e. The van der Waals surface area contributed by atoms with Crippen LogP contribution in [-0.4, -0.2) is 18.0 Å². The van der Waals surface area contributed by atoms with Gasteiger partial charge in [0.1, 0.15) is 4.60 Å². The van der Waals surface area contributed by atoms with Gasteiger partial charge in [0.2, 0.25) is 0 Å². The molecule has 19 heavy (non-hydrogen) atoms. The molecule has 1 heterocycles. The molecule has 0 aliphatic carbocycles. The molecule has 4 nitrogen and oxygen atoms in total. The highest BCUT2D eigenvalue weighted by Gasteiger charge is 2.11. The van der Waals surface area contributed by atoms with Crippen molar-refractivity contribution in [3.63, 3.8) is 0 Å². The molecule has 2 rings (SSSR count). The van der Waals surface area contributed by atoms with Gasteiger partial charge in [0.05, 0.1) is 12.7 Å². The lowest BCUT2D eigenvalue weighted by Crippen LogP contribution is -2.13. The maximum absolute atomic E-state index is 13.5. The van der Waals surface area contributed by atoms with Crippen LogP contribution < -0.4 is 10.1 Å². The first-order valence-electron chi connectivity index (χ1n) is 5.37. The number of nitrogens with zero attached hydrogens (tertiary/aromatic N) is 1. The lowest BCUT2D eigenvalue weighted by Gasteiger charge is -2.08. The second kappa shape index (κ2) is 5.79. The maximum atomic E-state index is 13.5. The zero-order valence-electron chi connectivity index (χ0n) is 9.98. The fraction of sp³-hybridized carbons (Fsp3) is 0.0769. The van der Waals surface area contributed by atoms with Crippen LogP contribution in [0.4, 0.5) is 10.1 Å². The molecule has 0 bridgehead atoms. The minimum atomic E-state index is -0.537. The number of carbonyl (C=O) groups is 1. The van der Waals surface area contributed by atoms with Gasteiger partial charge in [-0.15, -0.1) is 0 Å². The number of carbonyl (C=O) groups excluding carboxylic acids is 1. The Morgan fingerprint density at radius 3 is 2.84 bits per heavy atom. The van der Waals surface area contributed by atoms with E-state index in [2.05, 4.69) is 26.2 Å². The summed E-state index contributed by atoms with van der Waals surface area (Å²) < 4.78 is 18.7. The van der Waals surface area contributed by atoms with Crippen molar-refractivity contribution in [1.29, 1.82) is 0 Å². The SMILES string of the molecule is COc1ccc(NC(=O)c2cccnc2Br)cc1F. The van der Waals surface area contributed by atoms with Crippen LogP contribution in [0.2, 0.25) is 0 Å².